The van der Waals surface area contributed by atoms with Crippen molar-refractivity contribution in [3.63, 3.8) is 0 Å². The first-order valence-corrected chi connectivity index (χ1v) is 9.57. The van der Waals surface area contributed by atoms with Gasteiger partial charge in [0.1, 0.15) is 23.0 Å². The van der Waals surface area contributed by atoms with Crippen LogP contribution in [-0.4, -0.2) is 34.6 Å². The molecular weight excluding hydrogens is 330 g/mol. The molecule has 0 radical (unpaired) electrons. The third kappa shape index (κ3) is 3.96. The summed E-state index contributed by atoms with van der Waals surface area (Å²) < 4.78 is 0. The maximum absolute atomic E-state index is 4.73. The van der Waals surface area contributed by atoms with Crippen LogP contribution in [0.5, 0.6) is 0 Å². The van der Waals surface area contributed by atoms with Gasteiger partial charge in [-0.3, -0.25) is 0 Å². The molecule has 1 fully saturated rings. The average molecular weight is 351 g/mol. The Morgan fingerprint density at radius 1 is 1.08 bits per heavy atom. The zero-order valence-electron chi connectivity index (χ0n) is 14.1. The minimum absolute atomic E-state index is 0.814. The molecule has 1 saturated heterocycles. The molecule has 0 saturated carbocycles. The summed E-state index contributed by atoms with van der Waals surface area (Å²) in [4.78, 5) is 15.8. The van der Waals surface area contributed by atoms with Crippen molar-refractivity contribution in [3.8, 4) is 10.6 Å². The average Bonchev–Trinajstić information content (AvgIpc) is 3.35. The molecule has 25 heavy (non-hydrogen) atoms. The van der Waals surface area contributed by atoms with Crippen LogP contribution in [0.25, 0.3) is 10.6 Å². The highest BCUT2D eigenvalue weighted by atomic mass is 32.1. The lowest BCUT2D eigenvalue weighted by atomic mass is 10.2. The van der Waals surface area contributed by atoms with E-state index in [1.54, 1.807) is 17.7 Å². The largest absolute Gasteiger partial charge is 0.370 e. The van der Waals surface area contributed by atoms with Crippen LogP contribution in [0, 0.1) is 0 Å². The van der Waals surface area contributed by atoms with E-state index < -0.39 is 0 Å². The van der Waals surface area contributed by atoms with E-state index in [0.29, 0.717) is 0 Å². The first-order chi connectivity index (χ1) is 12.4. The first-order valence-electron chi connectivity index (χ1n) is 8.69. The van der Waals surface area contributed by atoms with Crippen LogP contribution in [0.2, 0.25) is 0 Å². The second-order valence-corrected chi connectivity index (χ2v) is 7.00. The number of thiazole rings is 1. The van der Waals surface area contributed by atoms with E-state index in [0.717, 1.165) is 48.4 Å². The van der Waals surface area contributed by atoms with E-state index in [9.17, 15) is 0 Å². The molecule has 2 aromatic heterocycles. The van der Waals surface area contributed by atoms with Crippen molar-refractivity contribution < 1.29 is 0 Å². The van der Waals surface area contributed by atoms with Gasteiger partial charge in [0, 0.05) is 43.1 Å². The number of rotatable bonds is 6. The SMILES string of the molecule is c1ccc(-c2nc(CCNc3cc(N4CCCC4)ncn3)cs2)cc1. The third-order valence-electron chi connectivity index (χ3n) is 4.34. The second kappa shape index (κ2) is 7.61. The van der Waals surface area contributed by atoms with E-state index in [1.165, 1.54) is 18.4 Å². The molecule has 1 aromatic carbocycles. The molecule has 1 N–H and O–H groups in total. The Morgan fingerprint density at radius 2 is 1.92 bits per heavy atom. The van der Waals surface area contributed by atoms with Gasteiger partial charge in [0.05, 0.1) is 5.69 Å². The van der Waals surface area contributed by atoms with Gasteiger partial charge in [-0.2, -0.15) is 0 Å². The van der Waals surface area contributed by atoms with E-state index in [4.69, 9.17) is 4.98 Å². The fraction of sp³-hybridized carbons (Fsp3) is 0.316. The number of aromatic nitrogens is 3. The van der Waals surface area contributed by atoms with Crippen LogP contribution >= 0.6 is 11.3 Å². The molecule has 0 unspecified atom stereocenters. The highest BCUT2D eigenvalue weighted by molar-refractivity contribution is 7.13. The molecule has 128 valence electrons. The van der Waals surface area contributed by atoms with Crippen LogP contribution in [0.15, 0.2) is 48.1 Å². The molecule has 0 aliphatic carbocycles. The zero-order chi connectivity index (χ0) is 16.9. The number of hydrogen-bond acceptors (Lipinski definition) is 6. The lowest BCUT2D eigenvalue weighted by molar-refractivity contribution is 0.920. The van der Waals surface area contributed by atoms with Crippen molar-refractivity contribution in [2.24, 2.45) is 0 Å². The van der Waals surface area contributed by atoms with Crippen molar-refractivity contribution in [1.82, 2.24) is 15.0 Å². The van der Waals surface area contributed by atoms with Gasteiger partial charge in [-0.15, -0.1) is 11.3 Å². The lowest BCUT2D eigenvalue weighted by Crippen LogP contribution is -2.19. The summed E-state index contributed by atoms with van der Waals surface area (Å²) in [5.41, 5.74) is 2.29. The lowest BCUT2D eigenvalue weighted by Gasteiger charge is -2.16. The predicted octanol–water partition coefficient (Wildman–Crippen LogP) is 3.85. The Bertz CT molecular complexity index is 811. The molecule has 0 bridgehead atoms. The van der Waals surface area contributed by atoms with Crippen LogP contribution in [0.4, 0.5) is 11.6 Å². The van der Waals surface area contributed by atoms with Crippen LogP contribution in [-0.2, 0) is 6.42 Å². The summed E-state index contributed by atoms with van der Waals surface area (Å²) in [5, 5.41) is 6.61. The molecule has 6 heteroatoms. The normalized spacial score (nSPS) is 14.0. The van der Waals surface area contributed by atoms with Crippen molar-refractivity contribution in [1.29, 1.82) is 0 Å². The monoisotopic (exact) mass is 351 g/mol. The van der Waals surface area contributed by atoms with Gasteiger partial charge in [-0.1, -0.05) is 30.3 Å². The highest BCUT2D eigenvalue weighted by Crippen LogP contribution is 2.23. The fourth-order valence-corrected chi connectivity index (χ4v) is 3.88. The van der Waals surface area contributed by atoms with Crippen molar-refractivity contribution in [3.05, 3.63) is 53.8 Å². The highest BCUT2D eigenvalue weighted by Gasteiger charge is 2.14. The van der Waals surface area contributed by atoms with Gasteiger partial charge in [0.25, 0.3) is 0 Å². The van der Waals surface area contributed by atoms with E-state index in [2.05, 4.69) is 37.7 Å². The van der Waals surface area contributed by atoms with Crippen LogP contribution in [0.1, 0.15) is 18.5 Å². The van der Waals surface area contributed by atoms with E-state index >= 15 is 0 Å². The van der Waals surface area contributed by atoms with Gasteiger partial charge < -0.3 is 10.2 Å². The molecule has 4 rings (SSSR count). The van der Waals surface area contributed by atoms with Gasteiger partial charge >= 0.3 is 0 Å². The van der Waals surface area contributed by atoms with Gasteiger partial charge in [-0.05, 0) is 12.8 Å². The Hall–Kier alpha value is -2.47. The molecule has 0 spiro atoms. The van der Waals surface area contributed by atoms with E-state index in [1.807, 2.05) is 24.3 Å². The minimum atomic E-state index is 0.814. The molecule has 1 aliphatic heterocycles. The number of anilines is 2. The molecule has 5 nitrogen and oxygen atoms in total. The van der Waals surface area contributed by atoms with Crippen molar-refractivity contribution >= 4 is 23.0 Å². The predicted molar refractivity (Wildman–Crippen MR) is 103 cm³/mol. The van der Waals surface area contributed by atoms with Crippen molar-refractivity contribution in [2.45, 2.75) is 19.3 Å². The number of hydrogen-bond donors (Lipinski definition) is 1. The first kappa shape index (κ1) is 16.0. The molecule has 1 aliphatic rings. The summed E-state index contributed by atoms with van der Waals surface area (Å²) in [5.74, 6) is 1.91. The Balaban J connectivity index is 1.34. The molecule has 3 heterocycles. The molecular formula is C19H21N5S. The Kier molecular flexibility index (Phi) is 4.88. The molecule has 0 amide bonds. The summed E-state index contributed by atoms with van der Waals surface area (Å²) in [7, 11) is 0. The fourth-order valence-electron chi connectivity index (χ4n) is 3.02. The van der Waals surface area contributed by atoms with E-state index in [-0.39, 0.29) is 0 Å². The standard InChI is InChI=1S/C19H21N5S/c1-2-6-15(7-3-1)19-23-16(13-25-19)8-9-20-17-12-18(22-14-21-17)24-10-4-5-11-24/h1-3,6-7,12-14H,4-5,8-11H2,(H,20,21,22). The summed E-state index contributed by atoms with van der Waals surface area (Å²) in [6.45, 7) is 3.00. The molecule has 0 atom stereocenters. The second-order valence-electron chi connectivity index (χ2n) is 6.14. The Morgan fingerprint density at radius 3 is 2.76 bits per heavy atom. The number of nitrogens with zero attached hydrogens (tertiary/aromatic N) is 4. The zero-order valence-corrected chi connectivity index (χ0v) is 14.9. The van der Waals surface area contributed by atoms with Gasteiger partial charge in [-0.25, -0.2) is 15.0 Å². The summed E-state index contributed by atoms with van der Waals surface area (Å²) in [6.07, 6.45) is 5.03. The quantitative estimate of drug-likeness (QED) is 0.731. The summed E-state index contributed by atoms with van der Waals surface area (Å²) >= 11 is 1.70. The maximum Gasteiger partial charge on any atom is 0.134 e. The number of benzene rings is 1. The summed E-state index contributed by atoms with van der Waals surface area (Å²) in [6, 6.07) is 12.4. The van der Waals surface area contributed by atoms with Crippen molar-refractivity contribution in [2.75, 3.05) is 29.9 Å². The Labute approximate surface area is 151 Å². The molecule has 3 aromatic rings. The maximum atomic E-state index is 4.73. The minimum Gasteiger partial charge on any atom is -0.370 e. The third-order valence-corrected chi connectivity index (χ3v) is 5.28. The van der Waals surface area contributed by atoms with Gasteiger partial charge in [0.15, 0.2) is 0 Å². The van der Waals surface area contributed by atoms with Gasteiger partial charge in [0.2, 0.25) is 0 Å². The topological polar surface area (TPSA) is 53.9 Å². The number of nitrogens with one attached hydrogen (secondary N) is 1. The smallest absolute Gasteiger partial charge is 0.134 e. The van der Waals surface area contributed by atoms with Crippen LogP contribution < -0.4 is 10.2 Å². The van der Waals surface area contributed by atoms with Crippen LogP contribution in [0.3, 0.4) is 0 Å².